The Labute approximate surface area is 67.9 Å². The summed E-state index contributed by atoms with van der Waals surface area (Å²) in [5, 5.41) is 0. The zero-order chi connectivity index (χ0) is 7.95. The van der Waals surface area contributed by atoms with Crippen molar-refractivity contribution in [3.8, 4) is 0 Å². The molecule has 0 bridgehead atoms. The van der Waals surface area contributed by atoms with Gasteiger partial charge in [0.25, 0.3) is 0 Å². The Balaban J connectivity index is 2.20. The first-order chi connectivity index (χ1) is 5.12. The van der Waals surface area contributed by atoms with E-state index in [1.807, 2.05) is 0 Å². The van der Waals surface area contributed by atoms with Gasteiger partial charge >= 0.3 is 0 Å². The smallest absolute Gasteiger partial charge is 0.150 e. The lowest BCUT2D eigenvalue weighted by Crippen LogP contribution is -2.17. The third kappa shape index (κ3) is 1.31. The molecule has 1 spiro atoms. The molecule has 0 aromatic rings. The molecular formula is C8H14O2S. The van der Waals surface area contributed by atoms with Crippen molar-refractivity contribution in [1.82, 2.24) is 0 Å². The Bertz CT molecular complexity index is 247. The van der Waals surface area contributed by atoms with Gasteiger partial charge in [-0.15, -0.1) is 0 Å². The number of hydrogen-bond acceptors (Lipinski definition) is 2. The molecule has 1 aliphatic heterocycles. The lowest BCUT2D eigenvalue weighted by molar-refractivity contribution is 0.348. The van der Waals surface area contributed by atoms with Gasteiger partial charge in [-0.1, -0.05) is 12.8 Å². The second-order valence-corrected chi connectivity index (χ2v) is 6.23. The summed E-state index contributed by atoms with van der Waals surface area (Å²) in [6, 6.07) is 0. The number of rotatable bonds is 0. The minimum Gasteiger partial charge on any atom is -0.229 e. The SMILES string of the molecule is O=S1(=O)CCC2(CCCC2)C1. The normalized spacial score (nSPS) is 33.1. The third-order valence-electron chi connectivity index (χ3n) is 3.13. The molecule has 2 fully saturated rings. The molecule has 1 saturated heterocycles. The Morgan fingerprint density at radius 1 is 1.00 bits per heavy atom. The van der Waals surface area contributed by atoms with Gasteiger partial charge in [-0.25, -0.2) is 8.42 Å². The van der Waals surface area contributed by atoms with E-state index >= 15 is 0 Å². The predicted molar refractivity (Wildman–Crippen MR) is 44.2 cm³/mol. The summed E-state index contributed by atoms with van der Waals surface area (Å²) in [7, 11) is -2.64. The molecule has 0 unspecified atom stereocenters. The monoisotopic (exact) mass is 174 g/mol. The fourth-order valence-electron chi connectivity index (χ4n) is 2.50. The molecule has 0 radical (unpaired) electrons. The van der Waals surface area contributed by atoms with Gasteiger partial charge in [0.15, 0.2) is 9.84 Å². The van der Waals surface area contributed by atoms with Crippen LogP contribution in [0, 0.1) is 5.41 Å². The molecule has 2 aliphatic rings. The van der Waals surface area contributed by atoms with Crippen LogP contribution in [0.2, 0.25) is 0 Å². The van der Waals surface area contributed by atoms with Crippen molar-refractivity contribution >= 4 is 9.84 Å². The topological polar surface area (TPSA) is 34.1 Å². The third-order valence-corrected chi connectivity index (χ3v) is 5.01. The van der Waals surface area contributed by atoms with Crippen LogP contribution in [0.4, 0.5) is 0 Å². The average molecular weight is 174 g/mol. The first-order valence-electron chi connectivity index (χ1n) is 4.32. The van der Waals surface area contributed by atoms with Crippen LogP contribution in [0.1, 0.15) is 32.1 Å². The van der Waals surface area contributed by atoms with Crippen LogP contribution in [-0.4, -0.2) is 19.9 Å². The van der Waals surface area contributed by atoms with Gasteiger partial charge in [-0.05, 0) is 24.7 Å². The Kier molecular flexibility index (Phi) is 1.53. The van der Waals surface area contributed by atoms with E-state index in [1.54, 1.807) is 0 Å². The molecule has 0 atom stereocenters. The van der Waals surface area contributed by atoms with E-state index in [2.05, 4.69) is 0 Å². The van der Waals surface area contributed by atoms with E-state index in [9.17, 15) is 8.42 Å². The van der Waals surface area contributed by atoms with E-state index < -0.39 is 9.84 Å². The van der Waals surface area contributed by atoms with Crippen molar-refractivity contribution in [1.29, 1.82) is 0 Å². The van der Waals surface area contributed by atoms with Gasteiger partial charge in [0.05, 0.1) is 11.5 Å². The highest BCUT2D eigenvalue weighted by atomic mass is 32.2. The van der Waals surface area contributed by atoms with Crippen LogP contribution in [0.25, 0.3) is 0 Å². The summed E-state index contributed by atoms with van der Waals surface area (Å²) < 4.78 is 22.4. The molecule has 3 heteroatoms. The first kappa shape index (κ1) is 7.59. The van der Waals surface area contributed by atoms with Crippen molar-refractivity contribution < 1.29 is 8.42 Å². The van der Waals surface area contributed by atoms with E-state index in [-0.39, 0.29) is 5.41 Å². The standard InChI is InChI=1S/C8H14O2S/c9-11(10)6-5-8(7-11)3-1-2-4-8/h1-7H2. The highest BCUT2D eigenvalue weighted by molar-refractivity contribution is 7.91. The van der Waals surface area contributed by atoms with E-state index in [1.165, 1.54) is 12.8 Å². The Morgan fingerprint density at radius 2 is 1.64 bits per heavy atom. The molecule has 1 heterocycles. The van der Waals surface area contributed by atoms with Crippen LogP contribution < -0.4 is 0 Å². The highest BCUT2D eigenvalue weighted by Gasteiger charge is 2.43. The lowest BCUT2D eigenvalue weighted by Gasteiger charge is -2.19. The highest BCUT2D eigenvalue weighted by Crippen LogP contribution is 2.46. The van der Waals surface area contributed by atoms with Crippen LogP contribution in [0.5, 0.6) is 0 Å². The fraction of sp³-hybridized carbons (Fsp3) is 1.00. The van der Waals surface area contributed by atoms with Crippen molar-refractivity contribution in [2.75, 3.05) is 11.5 Å². The molecule has 64 valence electrons. The maximum Gasteiger partial charge on any atom is 0.150 e. The van der Waals surface area contributed by atoms with Crippen molar-refractivity contribution in [2.45, 2.75) is 32.1 Å². The average Bonchev–Trinajstić information content (AvgIpc) is 2.43. The zero-order valence-electron chi connectivity index (χ0n) is 6.67. The molecular weight excluding hydrogens is 160 g/mol. The first-order valence-corrected chi connectivity index (χ1v) is 6.15. The Hall–Kier alpha value is -0.0500. The second-order valence-electron chi connectivity index (χ2n) is 4.05. The molecule has 2 rings (SSSR count). The van der Waals surface area contributed by atoms with Gasteiger partial charge in [-0.2, -0.15) is 0 Å². The summed E-state index contributed by atoms with van der Waals surface area (Å²) in [6.45, 7) is 0. The van der Waals surface area contributed by atoms with Crippen molar-refractivity contribution in [3.63, 3.8) is 0 Å². The molecule has 1 aliphatic carbocycles. The number of sulfone groups is 1. The van der Waals surface area contributed by atoms with E-state index in [0.29, 0.717) is 11.5 Å². The summed E-state index contributed by atoms with van der Waals surface area (Å²) in [5.41, 5.74) is 0.235. The molecule has 2 nitrogen and oxygen atoms in total. The summed E-state index contributed by atoms with van der Waals surface area (Å²) in [4.78, 5) is 0. The van der Waals surface area contributed by atoms with Gasteiger partial charge in [0, 0.05) is 0 Å². The van der Waals surface area contributed by atoms with Crippen LogP contribution >= 0.6 is 0 Å². The van der Waals surface area contributed by atoms with Gasteiger partial charge in [0.2, 0.25) is 0 Å². The predicted octanol–water partition coefficient (Wildman–Crippen LogP) is 1.37. The largest absolute Gasteiger partial charge is 0.229 e. The molecule has 1 saturated carbocycles. The summed E-state index contributed by atoms with van der Waals surface area (Å²) >= 11 is 0. The number of hydrogen-bond donors (Lipinski definition) is 0. The Morgan fingerprint density at radius 3 is 2.09 bits per heavy atom. The minimum atomic E-state index is -2.64. The van der Waals surface area contributed by atoms with Gasteiger partial charge in [0.1, 0.15) is 0 Å². The zero-order valence-corrected chi connectivity index (χ0v) is 7.49. The van der Waals surface area contributed by atoms with Crippen molar-refractivity contribution in [3.05, 3.63) is 0 Å². The molecule has 0 amide bonds. The van der Waals surface area contributed by atoms with Gasteiger partial charge in [-0.3, -0.25) is 0 Å². The lowest BCUT2D eigenvalue weighted by atomic mass is 9.86. The quantitative estimate of drug-likeness (QED) is 0.555. The van der Waals surface area contributed by atoms with Crippen LogP contribution in [-0.2, 0) is 9.84 Å². The summed E-state index contributed by atoms with van der Waals surface area (Å²) in [5.74, 6) is 0.938. The molecule has 0 N–H and O–H groups in total. The van der Waals surface area contributed by atoms with Crippen LogP contribution in [0.3, 0.4) is 0 Å². The molecule has 0 aromatic carbocycles. The second kappa shape index (κ2) is 2.22. The maximum atomic E-state index is 11.2. The van der Waals surface area contributed by atoms with Crippen molar-refractivity contribution in [2.24, 2.45) is 5.41 Å². The molecule has 11 heavy (non-hydrogen) atoms. The van der Waals surface area contributed by atoms with E-state index in [0.717, 1.165) is 19.3 Å². The maximum absolute atomic E-state index is 11.2. The minimum absolute atomic E-state index is 0.235. The summed E-state index contributed by atoms with van der Waals surface area (Å²) in [6.07, 6.45) is 5.75. The van der Waals surface area contributed by atoms with Crippen LogP contribution in [0.15, 0.2) is 0 Å². The van der Waals surface area contributed by atoms with Gasteiger partial charge < -0.3 is 0 Å². The van der Waals surface area contributed by atoms with E-state index in [4.69, 9.17) is 0 Å². The fourth-order valence-corrected chi connectivity index (χ4v) is 4.76. The molecule has 0 aromatic heterocycles.